The Bertz CT molecular complexity index is 753. The number of carbonyl (C=O) groups excluding carboxylic acids is 2. The zero-order valence-corrected chi connectivity index (χ0v) is 17.4. The van der Waals surface area contributed by atoms with Crippen molar-refractivity contribution in [2.24, 2.45) is 0 Å². The fourth-order valence-electron chi connectivity index (χ4n) is 2.84. The minimum atomic E-state index is -0.260. The van der Waals surface area contributed by atoms with E-state index in [0.29, 0.717) is 17.0 Å². The topological polar surface area (TPSA) is 64.6 Å². The van der Waals surface area contributed by atoms with Gasteiger partial charge in [-0.15, -0.1) is 0 Å². The predicted molar refractivity (Wildman–Crippen MR) is 116 cm³/mol. The standard InChI is InChI=1S/C24H31NO4/c1-3-4-5-6-7-8-17-28-22-13-15-23(16-14-22)29-18-24(27)25-21-11-9-20(10-12-21)19(2)26/h9-16H,3-8,17-18H2,1-2H3,(H,25,27). The summed E-state index contributed by atoms with van der Waals surface area (Å²) >= 11 is 0. The van der Waals surface area contributed by atoms with Crippen molar-refractivity contribution in [1.82, 2.24) is 0 Å². The normalized spacial score (nSPS) is 10.4. The number of carbonyl (C=O) groups is 2. The number of hydrogen-bond donors (Lipinski definition) is 1. The molecular formula is C24H31NO4. The van der Waals surface area contributed by atoms with Crippen LogP contribution in [-0.2, 0) is 4.79 Å². The van der Waals surface area contributed by atoms with Crippen LogP contribution < -0.4 is 14.8 Å². The summed E-state index contributed by atoms with van der Waals surface area (Å²) in [6, 6.07) is 14.1. The van der Waals surface area contributed by atoms with Crippen LogP contribution in [0.3, 0.4) is 0 Å². The Morgan fingerprint density at radius 1 is 0.793 bits per heavy atom. The molecule has 0 atom stereocenters. The molecular weight excluding hydrogens is 366 g/mol. The van der Waals surface area contributed by atoms with Crippen molar-refractivity contribution in [3.8, 4) is 11.5 Å². The van der Waals surface area contributed by atoms with Gasteiger partial charge in [0.25, 0.3) is 5.91 Å². The van der Waals surface area contributed by atoms with E-state index < -0.39 is 0 Å². The summed E-state index contributed by atoms with van der Waals surface area (Å²) < 4.78 is 11.3. The van der Waals surface area contributed by atoms with Crippen molar-refractivity contribution >= 4 is 17.4 Å². The van der Waals surface area contributed by atoms with E-state index in [9.17, 15) is 9.59 Å². The maximum atomic E-state index is 12.0. The molecule has 0 saturated heterocycles. The quantitative estimate of drug-likeness (QED) is 0.351. The summed E-state index contributed by atoms with van der Waals surface area (Å²) in [5, 5.41) is 2.74. The molecule has 5 nitrogen and oxygen atoms in total. The van der Waals surface area contributed by atoms with Gasteiger partial charge in [0.15, 0.2) is 12.4 Å². The van der Waals surface area contributed by atoms with Gasteiger partial charge in [-0.25, -0.2) is 0 Å². The van der Waals surface area contributed by atoms with E-state index in [1.165, 1.54) is 39.0 Å². The maximum absolute atomic E-state index is 12.0. The number of benzene rings is 2. The van der Waals surface area contributed by atoms with Crippen LogP contribution in [0, 0.1) is 0 Å². The Hall–Kier alpha value is -2.82. The minimum Gasteiger partial charge on any atom is -0.494 e. The molecule has 2 rings (SSSR count). The molecule has 0 unspecified atom stereocenters. The van der Waals surface area contributed by atoms with E-state index in [0.717, 1.165) is 18.8 Å². The van der Waals surface area contributed by atoms with Crippen molar-refractivity contribution in [2.75, 3.05) is 18.5 Å². The van der Waals surface area contributed by atoms with Gasteiger partial charge in [-0.05, 0) is 61.9 Å². The third-order valence-corrected chi connectivity index (χ3v) is 4.54. The summed E-state index contributed by atoms with van der Waals surface area (Å²) in [7, 11) is 0. The fraction of sp³-hybridized carbons (Fsp3) is 0.417. The highest BCUT2D eigenvalue weighted by Crippen LogP contribution is 2.18. The molecule has 1 N–H and O–H groups in total. The second-order valence-electron chi connectivity index (χ2n) is 7.06. The van der Waals surface area contributed by atoms with Gasteiger partial charge in [-0.2, -0.15) is 0 Å². The first-order chi connectivity index (χ1) is 14.1. The smallest absolute Gasteiger partial charge is 0.262 e. The Labute approximate surface area is 173 Å². The molecule has 29 heavy (non-hydrogen) atoms. The monoisotopic (exact) mass is 397 g/mol. The van der Waals surface area contributed by atoms with Crippen molar-refractivity contribution in [3.63, 3.8) is 0 Å². The summed E-state index contributed by atoms with van der Waals surface area (Å²) in [4.78, 5) is 23.3. The van der Waals surface area contributed by atoms with Crippen LogP contribution in [0.4, 0.5) is 5.69 Å². The maximum Gasteiger partial charge on any atom is 0.262 e. The van der Waals surface area contributed by atoms with Gasteiger partial charge in [0, 0.05) is 11.3 Å². The first-order valence-corrected chi connectivity index (χ1v) is 10.3. The van der Waals surface area contributed by atoms with Crippen LogP contribution in [0.2, 0.25) is 0 Å². The first-order valence-electron chi connectivity index (χ1n) is 10.3. The van der Waals surface area contributed by atoms with Crippen molar-refractivity contribution in [1.29, 1.82) is 0 Å². The van der Waals surface area contributed by atoms with Gasteiger partial charge in [0.2, 0.25) is 0 Å². The molecule has 0 fully saturated rings. The molecule has 0 saturated carbocycles. The number of ether oxygens (including phenoxy) is 2. The van der Waals surface area contributed by atoms with Crippen LogP contribution in [0.15, 0.2) is 48.5 Å². The van der Waals surface area contributed by atoms with E-state index in [1.54, 1.807) is 36.4 Å². The second kappa shape index (κ2) is 12.6. The van der Waals surface area contributed by atoms with Gasteiger partial charge in [0.1, 0.15) is 11.5 Å². The Kier molecular flexibility index (Phi) is 9.76. The van der Waals surface area contributed by atoms with Crippen molar-refractivity contribution in [2.45, 2.75) is 52.4 Å². The number of hydrogen-bond acceptors (Lipinski definition) is 4. The molecule has 0 aliphatic heterocycles. The zero-order valence-electron chi connectivity index (χ0n) is 17.4. The largest absolute Gasteiger partial charge is 0.494 e. The van der Waals surface area contributed by atoms with Gasteiger partial charge in [0.05, 0.1) is 6.61 Å². The third kappa shape index (κ3) is 8.81. The molecule has 0 aromatic heterocycles. The van der Waals surface area contributed by atoms with Gasteiger partial charge in [-0.1, -0.05) is 39.0 Å². The molecule has 0 aliphatic carbocycles. The highest BCUT2D eigenvalue weighted by atomic mass is 16.5. The molecule has 156 valence electrons. The zero-order chi connectivity index (χ0) is 20.9. The van der Waals surface area contributed by atoms with E-state index in [-0.39, 0.29) is 18.3 Å². The number of amides is 1. The number of nitrogens with one attached hydrogen (secondary N) is 1. The second-order valence-corrected chi connectivity index (χ2v) is 7.06. The molecule has 0 spiro atoms. The van der Waals surface area contributed by atoms with Crippen LogP contribution in [-0.4, -0.2) is 24.9 Å². The lowest BCUT2D eigenvalue weighted by atomic mass is 10.1. The molecule has 0 radical (unpaired) electrons. The third-order valence-electron chi connectivity index (χ3n) is 4.54. The molecule has 5 heteroatoms. The first kappa shape index (κ1) is 22.5. The van der Waals surface area contributed by atoms with Crippen LogP contribution in [0.25, 0.3) is 0 Å². The van der Waals surface area contributed by atoms with Crippen LogP contribution >= 0.6 is 0 Å². The summed E-state index contributed by atoms with van der Waals surface area (Å²) in [6.45, 7) is 4.36. The van der Waals surface area contributed by atoms with Gasteiger partial charge in [-0.3, -0.25) is 9.59 Å². The number of anilines is 1. The van der Waals surface area contributed by atoms with Gasteiger partial charge >= 0.3 is 0 Å². The summed E-state index contributed by atoms with van der Waals surface area (Å²) in [5.74, 6) is 1.15. The molecule has 2 aromatic rings. The van der Waals surface area contributed by atoms with E-state index in [1.807, 2.05) is 12.1 Å². The fourth-order valence-corrected chi connectivity index (χ4v) is 2.84. The molecule has 2 aromatic carbocycles. The highest BCUT2D eigenvalue weighted by Gasteiger charge is 2.05. The molecule has 1 amide bonds. The van der Waals surface area contributed by atoms with E-state index in [2.05, 4.69) is 12.2 Å². The highest BCUT2D eigenvalue weighted by molar-refractivity contribution is 5.95. The number of rotatable bonds is 13. The number of unbranched alkanes of at least 4 members (excludes halogenated alkanes) is 5. The molecule has 0 aliphatic rings. The van der Waals surface area contributed by atoms with Crippen LogP contribution in [0.1, 0.15) is 62.7 Å². The average Bonchev–Trinajstić information content (AvgIpc) is 2.73. The lowest BCUT2D eigenvalue weighted by Crippen LogP contribution is -2.20. The van der Waals surface area contributed by atoms with Crippen molar-refractivity contribution < 1.29 is 19.1 Å². The number of Topliss-reactive ketones (excluding diaryl/α,β-unsaturated/α-hetero) is 1. The lowest BCUT2D eigenvalue weighted by molar-refractivity contribution is -0.118. The summed E-state index contributed by atoms with van der Waals surface area (Å²) in [5.41, 5.74) is 1.24. The Morgan fingerprint density at radius 3 is 2.00 bits per heavy atom. The Morgan fingerprint density at radius 2 is 1.38 bits per heavy atom. The van der Waals surface area contributed by atoms with Crippen molar-refractivity contribution in [3.05, 3.63) is 54.1 Å². The van der Waals surface area contributed by atoms with E-state index >= 15 is 0 Å². The molecule has 0 heterocycles. The summed E-state index contributed by atoms with van der Waals surface area (Å²) in [6.07, 6.45) is 7.42. The SMILES string of the molecule is CCCCCCCCOc1ccc(OCC(=O)Nc2ccc(C(C)=O)cc2)cc1. The predicted octanol–water partition coefficient (Wildman–Crippen LogP) is 5.65. The average molecular weight is 398 g/mol. The number of ketones is 1. The van der Waals surface area contributed by atoms with E-state index in [4.69, 9.17) is 9.47 Å². The minimum absolute atomic E-state index is 0.00869. The van der Waals surface area contributed by atoms with Crippen LogP contribution in [0.5, 0.6) is 11.5 Å². The Balaban J connectivity index is 1.66. The lowest BCUT2D eigenvalue weighted by Gasteiger charge is -2.09. The van der Waals surface area contributed by atoms with Gasteiger partial charge < -0.3 is 14.8 Å². The molecule has 0 bridgehead atoms.